The minimum atomic E-state index is -0.396. The fraction of sp³-hybridized carbons (Fsp3) is 0.370. The second kappa shape index (κ2) is 11.3. The van der Waals surface area contributed by atoms with Gasteiger partial charge in [-0.3, -0.25) is 14.5 Å². The lowest BCUT2D eigenvalue weighted by atomic mass is 10.0. The Morgan fingerprint density at radius 1 is 1.11 bits per heavy atom. The quantitative estimate of drug-likeness (QED) is 0.338. The molecule has 0 aliphatic heterocycles. The highest BCUT2D eigenvalue weighted by molar-refractivity contribution is 5.82. The zero-order valence-electron chi connectivity index (χ0n) is 21.2. The van der Waals surface area contributed by atoms with E-state index in [1.165, 1.54) is 4.68 Å². The molecule has 4 rings (SSSR count). The molecule has 0 bridgehead atoms. The fourth-order valence-corrected chi connectivity index (χ4v) is 4.66. The zero-order valence-corrected chi connectivity index (χ0v) is 21.2. The van der Waals surface area contributed by atoms with E-state index in [4.69, 9.17) is 4.74 Å². The summed E-state index contributed by atoms with van der Waals surface area (Å²) >= 11 is 0. The second-order valence-corrected chi connectivity index (χ2v) is 8.98. The molecule has 188 valence electrons. The van der Waals surface area contributed by atoms with Crippen LogP contribution in [-0.4, -0.2) is 42.7 Å². The number of aryl methyl sites for hydroxylation is 2. The molecule has 2 heterocycles. The fourth-order valence-electron chi connectivity index (χ4n) is 4.66. The van der Waals surface area contributed by atoms with Gasteiger partial charge in [0.25, 0.3) is 5.56 Å². The van der Waals surface area contributed by atoms with Crippen LogP contribution in [0.15, 0.2) is 53.3 Å². The molecule has 0 saturated heterocycles. The number of esters is 1. The number of hydrogen-bond donors (Lipinski definition) is 1. The van der Waals surface area contributed by atoms with Gasteiger partial charge >= 0.3 is 5.97 Å². The lowest BCUT2D eigenvalue weighted by molar-refractivity contribution is -0.144. The Kier molecular flexibility index (Phi) is 7.90. The van der Waals surface area contributed by atoms with Crippen molar-refractivity contribution in [3.8, 4) is 0 Å². The minimum Gasteiger partial charge on any atom is -0.465 e. The molecule has 0 saturated carbocycles. The molecule has 36 heavy (non-hydrogen) atoms. The van der Waals surface area contributed by atoms with E-state index in [2.05, 4.69) is 56.6 Å². The van der Waals surface area contributed by atoms with Gasteiger partial charge in [-0.15, -0.1) is 5.10 Å². The van der Waals surface area contributed by atoms with Gasteiger partial charge < -0.3 is 9.72 Å². The van der Waals surface area contributed by atoms with Gasteiger partial charge in [-0.2, -0.15) is 0 Å². The van der Waals surface area contributed by atoms with Crippen LogP contribution in [0.5, 0.6) is 0 Å². The lowest BCUT2D eigenvalue weighted by Gasteiger charge is -2.30. The summed E-state index contributed by atoms with van der Waals surface area (Å²) in [5.41, 5.74) is 4.68. The van der Waals surface area contributed by atoms with E-state index >= 15 is 0 Å². The largest absolute Gasteiger partial charge is 0.465 e. The molecule has 0 amide bonds. The average molecular weight is 489 g/mol. The van der Waals surface area contributed by atoms with E-state index in [0.717, 1.165) is 27.6 Å². The lowest BCUT2D eigenvalue weighted by Crippen LogP contribution is -2.33. The van der Waals surface area contributed by atoms with Crippen molar-refractivity contribution in [1.29, 1.82) is 0 Å². The predicted molar refractivity (Wildman–Crippen MR) is 137 cm³/mol. The highest BCUT2D eigenvalue weighted by atomic mass is 16.5. The van der Waals surface area contributed by atoms with E-state index < -0.39 is 5.97 Å². The highest BCUT2D eigenvalue weighted by Crippen LogP contribution is 2.27. The zero-order chi connectivity index (χ0) is 25.7. The number of fused-ring (bicyclic) bond motifs is 1. The van der Waals surface area contributed by atoms with Gasteiger partial charge in [-0.05, 0) is 66.3 Å². The first kappa shape index (κ1) is 25.2. The normalized spacial score (nSPS) is 12.2. The summed E-state index contributed by atoms with van der Waals surface area (Å²) in [6, 6.07) is 16.0. The summed E-state index contributed by atoms with van der Waals surface area (Å²) in [6.45, 7) is 9.05. The van der Waals surface area contributed by atoms with Crippen molar-refractivity contribution in [3.05, 3.63) is 87.0 Å². The molecule has 0 fully saturated rings. The van der Waals surface area contributed by atoms with Crippen molar-refractivity contribution in [2.45, 2.75) is 59.8 Å². The summed E-state index contributed by atoms with van der Waals surface area (Å²) in [7, 11) is 0. The Hall–Kier alpha value is -3.85. The number of nitrogens with one attached hydrogen (secondary N) is 1. The van der Waals surface area contributed by atoms with Crippen LogP contribution < -0.4 is 5.56 Å². The first-order valence-corrected chi connectivity index (χ1v) is 12.2. The Bertz CT molecular complexity index is 1400. The Morgan fingerprint density at radius 2 is 1.89 bits per heavy atom. The molecule has 0 aliphatic carbocycles. The van der Waals surface area contributed by atoms with E-state index in [1.54, 1.807) is 6.92 Å². The van der Waals surface area contributed by atoms with Gasteiger partial charge in [0.15, 0.2) is 5.82 Å². The van der Waals surface area contributed by atoms with Crippen LogP contribution in [0.1, 0.15) is 54.4 Å². The molecule has 9 heteroatoms. The molecule has 1 atom stereocenters. The molecule has 1 N–H and O–H groups in total. The summed E-state index contributed by atoms with van der Waals surface area (Å²) in [6.07, 6.45) is 0.680. The summed E-state index contributed by atoms with van der Waals surface area (Å²) < 4.78 is 6.58. The maximum Gasteiger partial charge on any atom is 0.327 e. The van der Waals surface area contributed by atoms with Crippen LogP contribution in [0.2, 0.25) is 0 Å². The second-order valence-electron chi connectivity index (χ2n) is 8.98. The number of rotatable bonds is 10. The number of tetrazole rings is 1. The summed E-state index contributed by atoms with van der Waals surface area (Å²) in [5, 5.41) is 13.1. The van der Waals surface area contributed by atoms with E-state index in [-0.39, 0.29) is 24.8 Å². The summed E-state index contributed by atoms with van der Waals surface area (Å²) in [4.78, 5) is 30.6. The van der Waals surface area contributed by atoms with Crippen LogP contribution in [0.25, 0.3) is 10.9 Å². The number of H-pyrrole nitrogens is 1. The topological polar surface area (TPSA) is 106 Å². The third-order valence-corrected chi connectivity index (χ3v) is 6.24. The smallest absolute Gasteiger partial charge is 0.327 e. The van der Waals surface area contributed by atoms with Crippen molar-refractivity contribution >= 4 is 16.9 Å². The van der Waals surface area contributed by atoms with E-state index in [1.807, 2.05) is 38.1 Å². The van der Waals surface area contributed by atoms with Gasteiger partial charge in [-0.1, -0.05) is 48.9 Å². The van der Waals surface area contributed by atoms with Crippen molar-refractivity contribution in [2.75, 3.05) is 6.61 Å². The molecule has 0 spiro atoms. The SMILES string of the molecule is CCOC(=O)Cn1nnnc1[C@@H](CC)N(Cc1ccccc1)Cc1cc2cc(C)cc(C)c2[nH]c1=O. The van der Waals surface area contributed by atoms with Gasteiger partial charge in [0.2, 0.25) is 0 Å². The number of carbonyl (C=O) groups is 1. The Morgan fingerprint density at radius 3 is 2.61 bits per heavy atom. The molecule has 0 aliphatic rings. The molecule has 9 nitrogen and oxygen atoms in total. The first-order valence-electron chi connectivity index (χ1n) is 12.2. The number of hydrogen-bond acceptors (Lipinski definition) is 7. The highest BCUT2D eigenvalue weighted by Gasteiger charge is 2.27. The molecule has 2 aromatic heterocycles. The number of aromatic nitrogens is 5. The van der Waals surface area contributed by atoms with Crippen LogP contribution in [0, 0.1) is 13.8 Å². The number of carbonyl (C=O) groups excluding carboxylic acids is 1. The van der Waals surface area contributed by atoms with Crippen LogP contribution >= 0.6 is 0 Å². The maximum absolute atomic E-state index is 13.2. The van der Waals surface area contributed by atoms with E-state index in [9.17, 15) is 9.59 Å². The molecular weight excluding hydrogens is 456 g/mol. The third-order valence-electron chi connectivity index (χ3n) is 6.24. The molecule has 4 aromatic rings. The van der Waals surface area contributed by atoms with Crippen LogP contribution in [-0.2, 0) is 29.2 Å². The van der Waals surface area contributed by atoms with Crippen molar-refractivity contribution in [1.82, 2.24) is 30.1 Å². The van der Waals surface area contributed by atoms with Crippen LogP contribution in [0.3, 0.4) is 0 Å². The molecule has 0 radical (unpaired) electrons. The number of ether oxygens (including phenoxy) is 1. The number of pyridine rings is 1. The number of benzene rings is 2. The monoisotopic (exact) mass is 488 g/mol. The first-order chi connectivity index (χ1) is 17.4. The Labute approximate surface area is 210 Å². The predicted octanol–water partition coefficient (Wildman–Crippen LogP) is 3.85. The van der Waals surface area contributed by atoms with Crippen molar-refractivity contribution < 1.29 is 9.53 Å². The van der Waals surface area contributed by atoms with Crippen LogP contribution in [0.4, 0.5) is 0 Å². The van der Waals surface area contributed by atoms with Crippen molar-refractivity contribution in [2.24, 2.45) is 0 Å². The van der Waals surface area contributed by atoms with Gasteiger partial charge in [0.05, 0.1) is 18.2 Å². The maximum atomic E-state index is 13.2. The average Bonchev–Trinajstić information content (AvgIpc) is 3.29. The minimum absolute atomic E-state index is 0.0685. The molecular formula is C27H32N6O3. The Balaban J connectivity index is 1.73. The van der Waals surface area contributed by atoms with Gasteiger partial charge in [-0.25, -0.2) is 4.68 Å². The standard InChI is InChI=1S/C27H32N6O3/c1-5-23(26-29-30-31-33(26)17-24(34)36-6-2)32(15-20-10-8-7-9-11-20)16-22-14-21-13-18(3)12-19(4)25(21)28-27(22)35/h7-14,23H,5-6,15-17H2,1-4H3,(H,28,35)/t23-/m1/s1. The number of nitrogens with zero attached hydrogens (tertiary/aromatic N) is 5. The summed E-state index contributed by atoms with van der Waals surface area (Å²) in [5.74, 6) is 0.164. The molecule has 2 aromatic carbocycles. The van der Waals surface area contributed by atoms with Gasteiger partial charge in [0.1, 0.15) is 6.54 Å². The molecule has 0 unspecified atom stereocenters. The van der Waals surface area contributed by atoms with E-state index in [0.29, 0.717) is 30.9 Å². The van der Waals surface area contributed by atoms with Crippen molar-refractivity contribution in [3.63, 3.8) is 0 Å². The third kappa shape index (κ3) is 5.68. The number of aromatic amines is 1. The van der Waals surface area contributed by atoms with Gasteiger partial charge in [0, 0.05) is 18.7 Å².